The number of rotatable bonds is 4. The molecule has 1 aromatic carbocycles. The summed E-state index contributed by atoms with van der Waals surface area (Å²) < 4.78 is 15.9. The second-order valence-corrected chi connectivity index (χ2v) is 7.78. The van der Waals surface area contributed by atoms with Crippen LogP contribution in [0, 0.1) is 5.82 Å². The Bertz CT molecular complexity index is 1360. The zero-order chi connectivity index (χ0) is 23.7. The molecule has 10 nitrogen and oxygen atoms in total. The van der Waals surface area contributed by atoms with E-state index in [1.54, 1.807) is 17.0 Å². The van der Waals surface area contributed by atoms with Gasteiger partial charge in [0.25, 0.3) is 5.56 Å². The van der Waals surface area contributed by atoms with E-state index in [-0.39, 0.29) is 22.6 Å². The molecule has 1 saturated heterocycles. The van der Waals surface area contributed by atoms with Gasteiger partial charge in [0.2, 0.25) is 11.8 Å². The minimum absolute atomic E-state index is 0.0140. The molecule has 0 unspecified atom stereocenters. The maximum absolute atomic E-state index is 13.9. The predicted molar refractivity (Wildman–Crippen MR) is 121 cm³/mol. The number of aryl methyl sites for hydroxylation is 1. The Kier molecular flexibility index (Phi) is 5.95. The van der Waals surface area contributed by atoms with E-state index in [4.69, 9.17) is 0 Å². The Morgan fingerprint density at radius 3 is 2.45 bits per heavy atom. The molecule has 1 fully saturated rings. The first-order valence-electron chi connectivity index (χ1n) is 10.4. The summed E-state index contributed by atoms with van der Waals surface area (Å²) in [6.45, 7) is 2.96. The summed E-state index contributed by atoms with van der Waals surface area (Å²) in [5.74, 6) is -1.35. The predicted octanol–water partition coefficient (Wildman–Crippen LogP) is 0.541. The van der Waals surface area contributed by atoms with Gasteiger partial charge in [-0.3, -0.25) is 23.5 Å². The van der Waals surface area contributed by atoms with Gasteiger partial charge in [0.1, 0.15) is 17.7 Å². The Balaban J connectivity index is 1.71. The lowest BCUT2D eigenvalue weighted by atomic mass is 10.2. The Morgan fingerprint density at radius 2 is 1.79 bits per heavy atom. The number of pyridine rings is 1. The highest BCUT2D eigenvalue weighted by Crippen LogP contribution is 2.23. The lowest BCUT2D eigenvalue weighted by Crippen LogP contribution is -2.49. The van der Waals surface area contributed by atoms with Gasteiger partial charge in [-0.05, 0) is 18.2 Å². The zero-order valence-corrected chi connectivity index (χ0v) is 18.2. The summed E-state index contributed by atoms with van der Waals surface area (Å²) in [5, 5.41) is 2.59. The van der Waals surface area contributed by atoms with Crippen molar-refractivity contribution in [3.63, 3.8) is 0 Å². The molecule has 1 aliphatic heterocycles. The van der Waals surface area contributed by atoms with Crippen molar-refractivity contribution < 1.29 is 14.0 Å². The molecule has 11 heteroatoms. The zero-order valence-electron chi connectivity index (χ0n) is 18.2. The quantitative estimate of drug-likeness (QED) is 0.616. The van der Waals surface area contributed by atoms with Crippen molar-refractivity contribution in [2.24, 2.45) is 7.05 Å². The normalized spacial score (nSPS) is 13.9. The third kappa shape index (κ3) is 4.21. The molecule has 0 saturated carbocycles. The van der Waals surface area contributed by atoms with Crippen molar-refractivity contribution in [1.29, 1.82) is 0 Å². The van der Waals surface area contributed by atoms with Gasteiger partial charge >= 0.3 is 5.69 Å². The standard InChI is InChI=1S/C22H23FN6O4/c1-14(30)27-9-11-28(12-10-27)17-7-8-24-20-19(17)21(32)29(22(33)26(20)2)13-18(31)25-16-6-4-3-5-15(16)23/h3-8H,9-13H2,1-2H3,(H,25,31). The fourth-order valence-corrected chi connectivity index (χ4v) is 3.96. The molecule has 33 heavy (non-hydrogen) atoms. The van der Waals surface area contributed by atoms with E-state index >= 15 is 0 Å². The molecule has 0 atom stereocenters. The van der Waals surface area contributed by atoms with Crippen LogP contribution in [0.4, 0.5) is 15.8 Å². The number of hydrogen-bond acceptors (Lipinski definition) is 6. The molecule has 0 radical (unpaired) electrons. The van der Waals surface area contributed by atoms with Gasteiger partial charge < -0.3 is 15.1 Å². The second kappa shape index (κ2) is 8.85. The van der Waals surface area contributed by atoms with Crippen LogP contribution in [0.5, 0.6) is 0 Å². The molecule has 1 aliphatic rings. The molecule has 4 rings (SSSR count). The van der Waals surface area contributed by atoms with Crippen LogP contribution in [0.2, 0.25) is 0 Å². The van der Waals surface area contributed by atoms with Crippen LogP contribution >= 0.6 is 0 Å². The van der Waals surface area contributed by atoms with E-state index in [1.807, 2.05) is 4.90 Å². The topological polar surface area (TPSA) is 110 Å². The van der Waals surface area contributed by atoms with Gasteiger partial charge in [-0.15, -0.1) is 0 Å². The summed E-state index contributed by atoms with van der Waals surface area (Å²) in [6, 6.07) is 7.31. The molecular formula is C22H23FN6O4. The number of carbonyl (C=O) groups excluding carboxylic acids is 2. The SMILES string of the molecule is CC(=O)N1CCN(c2ccnc3c2c(=O)n(CC(=O)Nc2ccccc2F)c(=O)n3C)CC1. The molecule has 3 heterocycles. The maximum Gasteiger partial charge on any atom is 0.332 e. The second-order valence-electron chi connectivity index (χ2n) is 7.78. The first kappa shape index (κ1) is 22.2. The van der Waals surface area contributed by atoms with Crippen molar-refractivity contribution in [3.05, 3.63) is 63.2 Å². The number of benzene rings is 1. The van der Waals surface area contributed by atoms with Gasteiger partial charge in [0, 0.05) is 46.3 Å². The highest BCUT2D eigenvalue weighted by Gasteiger charge is 2.24. The van der Waals surface area contributed by atoms with E-state index in [0.29, 0.717) is 31.9 Å². The number of fused-ring (bicyclic) bond motifs is 1. The van der Waals surface area contributed by atoms with E-state index < -0.39 is 29.5 Å². The molecule has 1 N–H and O–H groups in total. The largest absolute Gasteiger partial charge is 0.367 e. The Morgan fingerprint density at radius 1 is 1.09 bits per heavy atom. The van der Waals surface area contributed by atoms with Crippen LogP contribution in [-0.4, -0.2) is 57.0 Å². The smallest absolute Gasteiger partial charge is 0.332 e. The molecule has 2 aromatic heterocycles. The highest BCUT2D eigenvalue weighted by molar-refractivity contribution is 5.92. The van der Waals surface area contributed by atoms with E-state index in [1.165, 1.54) is 42.9 Å². The van der Waals surface area contributed by atoms with E-state index in [0.717, 1.165) is 4.57 Å². The Hall–Kier alpha value is -4.02. The summed E-state index contributed by atoms with van der Waals surface area (Å²) >= 11 is 0. The van der Waals surface area contributed by atoms with Crippen molar-refractivity contribution in [3.8, 4) is 0 Å². The van der Waals surface area contributed by atoms with Crippen molar-refractivity contribution in [1.82, 2.24) is 19.0 Å². The lowest BCUT2D eigenvalue weighted by Gasteiger charge is -2.36. The first-order chi connectivity index (χ1) is 15.8. The third-order valence-electron chi connectivity index (χ3n) is 5.72. The number of amides is 2. The van der Waals surface area contributed by atoms with Gasteiger partial charge in [-0.2, -0.15) is 0 Å². The van der Waals surface area contributed by atoms with Gasteiger partial charge in [-0.1, -0.05) is 12.1 Å². The van der Waals surface area contributed by atoms with E-state index in [9.17, 15) is 23.6 Å². The fraction of sp³-hybridized carbons (Fsp3) is 0.318. The van der Waals surface area contributed by atoms with Gasteiger partial charge in [0.15, 0.2) is 5.65 Å². The molecule has 0 spiro atoms. The lowest BCUT2D eigenvalue weighted by molar-refractivity contribution is -0.129. The monoisotopic (exact) mass is 454 g/mol. The number of nitrogens with zero attached hydrogens (tertiary/aromatic N) is 5. The van der Waals surface area contributed by atoms with Gasteiger partial charge in [-0.25, -0.2) is 14.2 Å². The molecule has 2 amide bonds. The first-order valence-corrected chi connectivity index (χ1v) is 10.4. The molecule has 3 aromatic rings. The van der Waals surface area contributed by atoms with Gasteiger partial charge in [0.05, 0.1) is 11.4 Å². The summed E-state index contributed by atoms with van der Waals surface area (Å²) in [6.07, 6.45) is 1.52. The van der Waals surface area contributed by atoms with Crippen molar-refractivity contribution in [2.45, 2.75) is 13.5 Å². The fourth-order valence-electron chi connectivity index (χ4n) is 3.96. The average Bonchev–Trinajstić information content (AvgIpc) is 2.81. The van der Waals surface area contributed by atoms with Crippen molar-refractivity contribution in [2.75, 3.05) is 36.4 Å². The number of para-hydroxylation sites is 1. The average molecular weight is 454 g/mol. The molecule has 0 bridgehead atoms. The molecule has 172 valence electrons. The summed E-state index contributed by atoms with van der Waals surface area (Å²) in [5.41, 5.74) is -0.635. The molecular weight excluding hydrogens is 431 g/mol. The van der Waals surface area contributed by atoms with Crippen molar-refractivity contribution >= 4 is 34.2 Å². The molecule has 0 aliphatic carbocycles. The van der Waals surface area contributed by atoms with E-state index in [2.05, 4.69) is 10.3 Å². The van der Waals surface area contributed by atoms with Crippen LogP contribution in [0.15, 0.2) is 46.1 Å². The summed E-state index contributed by atoms with van der Waals surface area (Å²) in [4.78, 5) is 58.2. The van der Waals surface area contributed by atoms with Crippen LogP contribution < -0.4 is 21.5 Å². The number of hydrogen-bond donors (Lipinski definition) is 1. The maximum atomic E-state index is 13.9. The van der Waals surface area contributed by atoms with Crippen LogP contribution in [0.1, 0.15) is 6.92 Å². The number of anilines is 2. The number of piperazine rings is 1. The third-order valence-corrected chi connectivity index (χ3v) is 5.72. The Labute approximate surface area is 187 Å². The number of halogens is 1. The number of aromatic nitrogens is 3. The highest BCUT2D eigenvalue weighted by atomic mass is 19.1. The van der Waals surface area contributed by atoms with Crippen LogP contribution in [0.3, 0.4) is 0 Å². The minimum Gasteiger partial charge on any atom is -0.367 e. The number of nitrogens with one attached hydrogen (secondary N) is 1. The van der Waals surface area contributed by atoms with Crippen LogP contribution in [-0.2, 0) is 23.2 Å². The number of carbonyl (C=O) groups is 2. The van der Waals surface area contributed by atoms with Crippen LogP contribution in [0.25, 0.3) is 11.0 Å². The minimum atomic E-state index is -0.709. The summed E-state index contributed by atoms with van der Waals surface area (Å²) in [7, 11) is 1.47.